The summed E-state index contributed by atoms with van der Waals surface area (Å²) in [5.41, 5.74) is -5.69. The predicted molar refractivity (Wildman–Crippen MR) is 376 cm³/mol. The van der Waals surface area contributed by atoms with Gasteiger partial charge in [-0.25, -0.2) is 4.79 Å². The van der Waals surface area contributed by atoms with Crippen molar-refractivity contribution in [3.63, 3.8) is 0 Å². The van der Waals surface area contributed by atoms with Crippen molar-refractivity contribution in [1.29, 1.82) is 0 Å². The van der Waals surface area contributed by atoms with Crippen LogP contribution in [0.4, 0.5) is 0 Å². The number of ether oxygens (including phenoxy) is 15. The van der Waals surface area contributed by atoms with Crippen molar-refractivity contribution in [2.24, 2.45) is 50.2 Å². The molecule has 4 saturated carbocycles. The van der Waals surface area contributed by atoms with Crippen molar-refractivity contribution >= 4 is 24.0 Å². The van der Waals surface area contributed by atoms with Gasteiger partial charge in [0.1, 0.15) is 122 Å². The Morgan fingerprint density at radius 1 is 0.522 bits per heavy atom. The lowest BCUT2D eigenvalue weighted by Gasteiger charge is -2.71. The van der Waals surface area contributed by atoms with E-state index in [0.29, 0.717) is 36.3 Å². The Bertz CT molecular complexity index is 3530. The fraction of sp³-hybridized carbons (Fsp3) is 0.829. The van der Waals surface area contributed by atoms with Crippen molar-refractivity contribution in [3.05, 3.63) is 41.5 Å². The SMILES string of the molecule is COc1ccc(C=CC(=O)OC2C(C)OC(OC(=O)C34CCC(C)(C)CC3C3=CCC5C6(C)CC(O)C(OC7OC(CO)C(O)C(O)C7O)C(C)(C(=O)O)C6CCC5(C)C3(CO)CC4)C(OC3OC(C)C(OC4OCC(OC5OC(CO)C(O)C(O)C5O)C(O)C4O)C(O)C3O)C2OC2OC(CO)C(O)C(O)C2O)cc1OC. The largest absolute Gasteiger partial charge is 0.493 e. The number of aliphatic hydroxyl groups is 18. The highest BCUT2D eigenvalue weighted by molar-refractivity contribution is 5.87. The summed E-state index contributed by atoms with van der Waals surface area (Å²) in [4.78, 5) is 44.9. The van der Waals surface area contributed by atoms with Crippen LogP contribution >= 0.6 is 0 Å². The van der Waals surface area contributed by atoms with Gasteiger partial charge >= 0.3 is 17.9 Å². The van der Waals surface area contributed by atoms with Gasteiger partial charge in [0.15, 0.2) is 55.2 Å². The van der Waals surface area contributed by atoms with Crippen LogP contribution in [0.2, 0.25) is 0 Å². The van der Waals surface area contributed by atoms with E-state index in [-0.39, 0.29) is 38.5 Å². The third-order valence-corrected chi connectivity index (χ3v) is 27.3. The summed E-state index contributed by atoms with van der Waals surface area (Å²) in [7, 11) is 2.84. The van der Waals surface area contributed by atoms with E-state index in [4.69, 9.17) is 71.1 Å². The fourth-order valence-corrected chi connectivity index (χ4v) is 20.7. The Kier molecular flexibility index (Phi) is 26.4. The third-order valence-electron chi connectivity index (χ3n) is 27.3. The van der Waals surface area contributed by atoms with Gasteiger partial charge in [0, 0.05) is 11.5 Å². The molecule has 11 aliphatic rings. The van der Waals surface area contributed by atoms with Gasteiger partial charge in [0.25, 0.3) is 0 Å². The molecule has 19 N–H and O–H groups in total. The molecule has 0 radical (unpaired) electrons. The maximum atomic E-state index is 16.4. The zero-order chi connectivity index (χ0) is 82.4. The molecule has 113 heavy (non-hydrogen) atoms. The third kappa shape index (κ3) is 15.6. The number of benzene rings is 1. The van der Waals surface area contributed by atoms with E-state index >= 15 is 4.79 Å². The van der Waals surface area contributed by atoms with E-state index in [9.17, 15) is 107 Å². The zero-order valence-corrected chi connectivity index (χ0v) is 64.3. The van der Waals surface area contributed by atoms with Crippen LogP contribution in [-0.4, -0.2) is 353 Å². The van der Waals surface area contributed by atoms with Crippen LogP contribution < -0.4 is 9.47 Å². The molecule has 37 nitrogen and oxygen atoms in total. The van der Waals surface area contributed by atoms with Crippen molar-refractivity contribution < 1.29 is 182 Å². The number of carbonyl (C=O) groups is 3. The lowest BCUT2D eigenvalue weighted by molar-refractivity contribution is -0.393. The van der Waals surface area contributed by atoms with Crippen LogP contribution in [0.3, 0.4) is 0 Å². The molecule has 10 fully saturated rings. The second kappa shape index (κ2) is 34.0. The molecule has 640 valence electrons. The van der Waals surface area contributed by atoms with Gasteiger partial charge in [-0.05, 0) is 136 Å². The first-order valence-electron chi connectivity index (χ1n) is 38.7. The number of aliphatic hydroxyl groups excluding tert-OH is 18. The van der Waals surface area contributed by atoms with Crippen molar-refractivity contribution in [2.45, 2.75) is 297 Å². The maximum Gasteiger partial charge on any atom is 0.331 e. The van der Waals surface area contributed by atoms with Crippen LogP contribution in [0, 0.1) is 50.2 Å². The highest BCUT2D eigenvalue weighted by atomic mass is 16.8. The van der Waals surface area contributed by atoms with Crippen molar-refractivity contribution in [3.8, 4) is 11.5 Å². The number of hydrogen-bond donors (Lipinski definition) is 19. The topological polar surface area (TPSA) is 574 Å². The van der Waals surface area contributed by atoms with Crippen LogP contribution in [0.1, 0.15) is 112 Å². The summed E-state index contributed by atoms with van der Waals surface area (Å²) in [6.45, 7) is 8.72. The fourth-order valence-electron chi connectivity index (χ4n) is 20.7. The van der Waals surface area contributed by atoms with Crippen molar-refractivity contribution in [1.82, 2.24) is 0 Å². The van der Waals surface area contributed by atoms with Gasteiger partial charge in [0.05, 0.1) is 76.4 Å². The number of hydrogen-bond acceptors (Lipinski definition) is 36. The molecule has 0 amide bonds. The van der Waals surface area contributed by atoms with E-state index in [1.807, 2.05) is 26.8 Å². The first kappa shape index (κ1) is 87.9. The Morgan fingerprint density at radius 2 is 1.04 bits per heavy atom. The second-order valence-electron chi connectivity index (χ2n) is 34.1. The summed E-state index contributed by atoms with van der Waals surface area (Å²) >= 11 is 0. The average molecular weight is 1620 g/mol. The quantitative estimate of drug-likeness (QED) is 0.0226. The lowest BCUT2D eigenvalue weighted by atomic mass is 9.33. The number of methoxy groups -OCH3 is 2. The van der Waals surface area contributed by atoms with E-state index in [0.717, 1.165) is 11.6 Å². The van der Waals surface area contributed by atoms with Crippen LogP contribution in [0.15, 0.2) is 35.9 Å². The van der Waals surface area contributed by atoms with Crippen LogP contribution in [-0.2, 0) is 76.0 Å². The van der Waals surface area contributed by atoms with E-state index in [2.05, 4.69) is 6.92 Å². The minimum Gasteiger partial charge on any atom is -0.493 e. The average Bonchev–Trinajstić information content (AvgIpc) is 0.664. The standard InChI is InChI=1S/C76H114O37/c1-30-58(109-63-53(91)48(86)41(28-101-63)107-65-54(92)49(87)45(83)38(25-77)104-65)52(90)57(95)64(102-30)111-61-60(110-66-55(93)50(88)46(84)39(26-78)105-66)59(108-44(82)15-11-32-10-13-36(99-8)37(22-32)100-9)31(2)103-68(61)113-70(98)75-19-18-71(3,4)23-34(75)33-12-14-42-72(5)24-35(81)62(112-67-56(94)51(89)47(85)40(27-79)106-67)74(7,69(96)97)43(72)16-17-73(42,6)76(33,29-80)21-20-75/h10-13,15,22,30-31,34-35,38-43,45-68,77-81,83-95H,14,16-21,23-29H2,1-9H3,(H,96,97). The number of rotatable bonds is 22. The summed E-state index contributed by atoms with van der Waals surface area (Å²) < 4.78 is 90.7. The molecular weight excluding hydrogens is 1500 g/mol. The first-order chi connectivity index (χ1) is 53.3. The normalized spacial score (nSPS) is 49.2. The molecule has 6 saturated heterocycles. The summed E-state index contributed by atoms with van der Waals surface area (Å²) in [6.07, 6.45) is -49.9. The monoisotopic (exact) mass is 1620 g/mol. The van der Waals surface area contributed by atoms with Crippen LogP contribution in [0.25, 0.3) is 6.08 Å². The van der Waals surface area contributed by atoms with Gasteiger partial charge in [-0.2, -0.15) is 0 Å². The highest BCUT2D eigenvalue weighted by Crippen LogP contribution is 2.76. The van der Waals surface area contributed by atoms with Gasteiger partial charge < -0.3 is 168 Å². The van der Waals surface area contributed by atoms with E-state index < -0.39 is 292 Å². The van der Waals surface area contributed by atoms with Gasteiger partial charge in [-0.3, -0.25) is 9.59 Å². The predicted octanol–water partition coefficient (Wildman–Crippen LogP) is -4.40. The number of fused-ring (bicyclic) bond motifs is 7. The second-order valence-corrected chi connectivity index (χ2v) is 34.1. The van der Waals surface area contributed by atoms with Crippen LogP contribution in [0.5, 0.6) is 11.5 Å². The number of carboxylic acid groups (broad SMARTS) is 1. The number of aliphatic carboxylic acids is 1. The minimum atomic E-state index is -2.23. The molecule has 6 aliphatic heterocycles. The Morgan fingerprint density at radius 3 is 1.62 bits per heavy atom. The maximum absolute atomic E-state index is 16.4. The van der Waals surface area contributed by atoms with E-state index in [1.54, 1.807) is 18.2 Å². The smallest absolute Gasteiger partial charge is 0.331 e. The molecule has 39 atom stereocenters. The molecule has 6 heterocycles. The molecular formula is C76H114O37. The summed E-state index contributed by atoms with van der Waals surface area (Å²) in [6, 6.07) is 4.75. The van der Waals surface area contributed by atoms with E-state index in [1.165, 1.54) is 41.1 Å². The molecule has 1 aromatic carbocycles. The lowest BCUT2D eigenvalue weighted by Crippen LogP contribution is -2.71. The van der Waals surface area contributed by atoms with Crippen molar-refractivity contribution in [2.75, 3.05) is 47.3 Å². The summed E-state index contributed by atoms with van der Waals surface area (Å²) in [5.74, 6) is -4.50. The first-order valence-corrected chi connectivity index (χ1v) is 38.7. The highest BCUT2D eigenvalue weighted by Gasteiger charge is 2.74. The molecule has 1 aromatic rings. The number of carboxylic acids is 1. The minimum absolute atomic E-state index is 0.0433. The number of allylic oxidation sites excluding steroid dienone is 1. The molecule has 0 aromatic heterocycles. The molecule has 0 spiro atoms. The van der Waals surface area contributed by atoms with Gasteiger partial charge in [-0.1, -0.05) is 45.4 Å². The van der Waals surface area contributed by atoms with Gasteiger partial charge in [-0.15, -0.1) is 0 Å². The zero-order valence-electron chi connectivity index (χ0n) is 64.3. The molecule has 5 aliphatic carbocycles. The Labute approximate surface area is 651 Å². The Hall–Kier alpha value is -4.45. The molecule has 37 heteroatoms. The molecule has 39 unspecified atom stereocenters. The Balaban J connectivity index is 0.867. The van der Waals surface area contributed by atoms with Gasteiger partial charge in [0.2, 0.25) is 6.29 Å². The molecule has 0 bridgehead atoms. The number of carbonyl (C=O) groups excluding carboxylic acids is 2. The number of esters is 2. The summed E-state index contributed by atoms with van der Waals surface area (Å²) in [5, 5.41) is 211. The molecule has 12 rings (SSSR count).